The van der Waals surface area contributed by atoms with E-state index in [0.717, 1.165) is 44.8 Å². The number of morpholine rings is 1. The Balaban J connectivity index is 2.27. The Labute approximate surface area is 127 Å². The number of ether oxygens (including phenoxy) is 1. The van der Waals surface area contributed by atoms with Crippen molar-refractivity contribution in [2.45, 2.75) is 38.8 Å². The van der Waals surface area contributed by atoms with E-state index >= 15 is 0 Å². The minimum Gasteiger partial charge on any atom is -0.379 e. The van der Waals surface area contributed by atoms with Gasteiger partial charge in [0.15, 0.2) is 0 Å². The van der Waals surface area contributed by atoms with Crippen LogP contribution in [0.1, 0.15) is 38.8 Å². The van der Waals surface area contributed by atoms with Gasteiger partial charge in [0.1, 0.15) is 5.82 Å². The molecule has 1 atom stereocenters. The van der Waals surface area contributed by atoms with Crippen LogP contribution in [0.2, 0.25) is 0 Å². The first-order chi connectivity index (χ1) is 10.1. The highest BCUT2D eigenvalue weighted by atomic mass is 19.1. The van der Waals surface area contributed by atoms with Crippen molar-refractivity contribution in [3.05, 3.63) is 35.6 Å². The second-order valence-corrected chi connectivity index (χ2v) is 6.16. The van der Waals surface area contributed by atoms with Crippen molar-refractivity contribution >= 4 is 0 Å². The molecule has 2 rings (SSSR count). The van der Waals surface area contributed by atoms with Crippen LogP contribution in [0.4, 0.5) is 4.39 Å². The SMILES string of the molecule is CCCNC(c1ccccc1F)C(C)(C)N1CCOCC1. The van der Waals surface area contributed by atoms with Crippen molar-refractivity contribution < 1.29 is 9.13 Å². The second kappa shape index (κ2) is 7.34. The lowest BCUT2D eigenvalue weighted by Gasteiger charge is -2.46. The van der Waals surface area contributed by atoms with Crippen molar-refractivity contribution in [3.8, 4) is 0 Å². The van der Waals surface area contributed by atoms with Crippen molar-refractivity contribution in [1.82, 2.24) is 10.2 Å². The van der Waals surface area contributed by atoms with Crippen molar-refractivity contribution in [1.29, 1.82) is 0 Å². The van der Waals surface area contributed by atoms with Crippen LogP contribution in [0.3, 0.4) is 0 Å². The van der Waals surface area contributed by atoms with E-state index in [1.165, 1.54) is 0 Å². The lowest BCUT2D eigenvalue weighted by molar-refractivity contribution is -0.0242. The first-order valence-electron chi connectivity index (χ1n) is 7.88. The maximum atomic E-state index is 14.3. The van der Waals surface area contributed by atoms with Crippen LogP contribution in [-0.4, -0.2) is 43.3 Å². The van der Waals surface area contributed by atoms with Gasteiger partial charge in [-0.25, -0.2) is 4.39 Å². The molecule has 1 aliphatic rings. The largest absolute Gasteiger partial charge is 0.379 e. The Bertz CT molecular complexity index is 444. The molecule has 21 heavy (non-hydrogen) atoms. The second-order valence-electron chi connectivity index (χ2n) is 6.16. The topological polar surface area (TPSA) is 24.5 Å². The van der Waals surface area contributed by atoms with E-state index in [1.54, 1.807) is 12.1 Å². The first kappa shape index (κ1) is 16.4. The van der Waals surface area contributed by atoms with Gasteiger partial charge in [-0.2, -0.15) is 0 Å². The molecule has 0 amide bonds. The molecule has 118 valence electrons. The van der Waals surface area contributed by atoms with Crippen LogP contribution in [0.15, 0.2) is 24.3 Å². The van der Waals surface area contributed by atoms with Gasteiger partial charge in [0, 0.05) is 24.2 Å². The molecule has 1 aliphatic heterocycles. The van der Waals surface area contributed by atoms with Gasteiger partial charge in [0.25, 0.3) is 0 Å². The van der Waals surface area contributed by atoms with E-state index in [4.69, 9.17) is 4.74 Å². The van der Waals surface area contributed by atoms with Gasteiger partial charge in [-0.3, -0.25) is 4.90 Å². The Hall–Kier alpha value is -0.970. The number of hydrogen-bond acceptors (Lipinski definition) is 3. The van der Waals surface area contributed by atoms with Gasteiger partial charge in [0.05, 0.1) is 19.3 Å². The molecule has 0 saturated carbocycles. The summed E-state index contributed by atoms with van der Waals surface area (Å²) in [6, 6.07) is 7.07. The predicted molar refractivity (Wildman–Crippen MR) is 83.9 cm³/mol. The minimum atomic E-state index is -0.166. The number of nitrogens with zero attached hydrogens (tertiary/aromatic N) is 1. The fourth-order valence-electron chi connectivity index (χ4n) is 3.06. The third kappa shape index (κ3) is 3.82. The zero-order chi connectivity index (χ0) is 15.3. The average molecular weight is 294 g/mol. The van der Waals surface area contributed by atoms with Crippen LogP contribution >= 0.6 is 0 Å². The maximum absolute atomic E-state index is 14.3. The van der Waals surface area contributed by atoms with Crippen LogP contribution in [0.25, 0.3) is 0 Å². The molecule has 4 heteroatoms. The lowest BCUT2D eigenvalue weighted by Crippen LogP contribution is -2.56. The summed E-state index contributed by atoms with van der Waals surface area (Å²) in [6.45, 7) is 10.7. The summed E-state index contributed by atoms with van der Waals surface area (Å²) < 4.78 is 19.7. The van der Waals surface area contributed by atoms with E-state index < -0.39 is 0 Å². The Morgan fingerprint density at radius 2 is 1.95 bits per heavy atom. The van der Waals surface area contributed by atoms with E-state index in [2.05, 4.69) is 31.0 Å². The number of rotatable bonds is 6. The molecule has 3 nitrogen and oxygen atoms in total. The van der Waals surface area contributed by atoms with Gasteiger partial charge in [-0.05, 0) is 32.9 Å². The Morgan fingerprint density at radius 3 is 2.57 bits per heavy atom. The van der Waals surface area contributed by atoms with Crippen molar-refractivity contribution in [3.63, 3.8) is 0 Å². The first-order valence-corrected chi connectivity index (χ1v) is 7.88. The highest BCUT2D eigenvalue weighted by molar-refractivity contribution is 5.24. The summed E-state index contributed by atoms with van der Waals surface area (Å²) in [5.74, 6) is -0.132. The number of halogens is 1. The number of hydrogen-bond donors (Lipinski definition) is 1. The van der Waals surface area contributed by atoms with Gasteiger partial charge < -0.3 is 10.1 Å². The van der Waals surface area contributed by atoms with Crippen LogP contribution in [-0.2, 0) is 4.74 Å². The molecule has 0 aromatic heterocycles. The van der Waals surface area contributed by atoms with E-state index in [-0.39, 0.29) is 17.4 Å². The molecule has 1 aromatic carbocycles. The van der Waals surface area contributed by atoms with E-state index in [9.17, 15) is 4.39 Å². The maximum Gasteiger partial charge on any atom is 0.128 e. The molecule has 1 heterocycles. The van der Waals surface area contributed by atoms with Crippen LogP contribution < -0.4 is 5.32 Å². The summed E-state index contributed by atoms with van der Waals surface area (Å²) in [4.78, 5) is 2.40. The van der Waals surface area contributed by atoms with E-state index in [1.807, 2.05) is 12.1 Å². The van der Waals surface area contributed by atoms with Crippen LogP contribution in [0.5, 0.6) is 0 Å². The summed E-state index contributed by atoms with van der Waals surface area (Å²) in [7, 11) is 0. The summed E-state index contributed by atoms with van der Waals surface area (Å²) in [5, 5.41) is 3.54. The summed E-state index contributed by atoms with van der Waals surface area (Å²) >= 11 is 0. The zero-order valence-electron chi connectivity index (χ0n) is 13.4. The lowest BCUT2D eigenvalue weighted by atomic mass is 9.86. The molecule has 1 fully saturated rings. The van der Waals surface area contributed by atoms with E-state index in [0.29, 0.717) is 0 Å². The van der Waals surface area contributed by atoms with Gasteiger partial charge in [-0.1, -0.05) is 25.1 Å². The third-order valence-corrected chi connectivity index (χ3v) is 4.35. The Morgan fingerprint density at radius 1 is 1.29 bits per heavy atom. The summed E-state index contributed by atoms with van der Waals surface area (Å²) in [6.07, 6.45) is 1.03. The summed E-state index contributed by atoms with van der Waals surface area (Å²) in [5.41, 5.74) is 0.587. The molecular weight excluding hydrogens is 267 g/mol. The molecule has 0 aliphatic carbocycles. The average Bonchev–Trinajstić information content (AvgIpc) is 2.50. The standard InChI is InChI=1S/C17H27FN2O/c1-4-9-19-16(14-7-5-6-8-15(14)18)17(2,3)20-10-12-21-13-11-20/h5-8,16,19H,4,9-13H2,1-3H3. The molecule has 0 spiro atoms. The monoisotopic (exact) mass is 294 g/mol. The number of nitrogens with one attached hydrogen (secondary N) is 1. The highest BCUT2D eigenvalue weighted by Crippen LogP contribution is 2.33. The Kier molecular flexibility index (Phi) is 5.73. The normalized spacial score (nSPS) is 18.7. The zero-order valence-corrected chi connectivity index (χ0v) is 13.4. The highest BCUT2D eigenvalue weighted by Gasteiger charge is 2.37. The smallest absolute Gasteiger partial charge is 0.128 e. The molecule has 0 radical (unpaired) electrons. The fraction of sp³-hybridized carbons (Fsp3) is 0.647. The van der Waals surface area contributed by atoms with Gasteiger partial charge >= 0.3 is 0 Å². The van der Waals surface area contributed by atoms with Gasteiger partial charge in [0.2, 0.25) is 0 Å². The molecule has 1 aromatic rings. The molecule has 1 unspecified atom stereocenters. The quantitative estimate of drug-likeness (QED) is 0.873. The third-order valence-electron chi connectivity index (χ3n) is 4.35. The fourth-order valence-corrected chi connectivity index (χ4v) is 3.06. The molecule has 0 bridgehead atoms. The van der Waals surface area contributed by atoms with Gasteiger partial charge in [-0.15, -0.1) is 0 Å². The van der Waals surface area contributed by atoms with Crippen LogP contribution in [0, 0.1) is 5.82 Å². The molecule has 1 N–H and O–H groups in total. The minimum absolute atomic E-state index is 0.0308. The van der Waals surface area contributed by atoms with Crippen molar-refractivity contribution in [2.75, 3.05) is 32.8 Å². The molecular formula is C17H27FN2O. The number of benzene rings is 1. The molecule has 1 saturated heterocycles. The van der Waals surface area contributed by atoms with Crippen molar-refractivity contribution in [2.24, 2.45) is 0 Å². The predicted octanol–water partition coefficient (Wildman–Crippen LogP) is 2.98.